The van der Waals surface area contributed by atoms with Crippen LogP contribution in [-0.2, 0) is 16.0 Å². The molecule has 29 heavy (non-hydrogen) atoms. The van der Waals surface area contributed by atoms with Crippen LogP contribution in [0.25, 0.3) is 0 Å². The smallest absolute Gasteiger partial charge is 0.246 e. The number of hydrazine groups is 1. The van der Waals surface area contributed by atoms with Crippen LogP contribution in [0, 0.1) is 5.92 Å². The number of nitrogens with zero attached hydrogens (tertiary/aromatic N) is 5. The van der Waals surface area contributed by atoms with E-state index >= 15 is 0 Å². The first kappa shape index (κ1) is 22.8. The number of aromatic nitrogens is 3. The van der Waals surface area contributed by atoms with Gasteiger partial charge < -0.3 is 10.0 Å². The summed E-state index contributed by atoms with van der Waals surface area (Å²) in [6.45, 7) is 4.99. The second-order valence-corrected chi connectivity index (χ2v) is 7.15. The molecular formula is C18H31N7O4. The van der Waals surface area contributed by atoms with Crippen LogP contribution in [0.4, 0.5) is 11.9 Å². The van der Waals surface area contributed by atoms with Gasteiger partial charge in [-0.1, -0.05) is 33.1 Å². The summed E-state index contributed by atoms with van der Waals surface area (Å²) in [5.41, 5.74) is 5.29. The molecule has 1 aromatic rings. The molecule has 0 spiro atoms. The Morgan fingerprint density at radius 3 is 2.76 bits per heavy atom. The zero-order valence-electron chi connectivity index (χ0n) is 17.0. The maximum atomic E-state index is 12.6. The first-order chi connectivity index (χ1) is 14.0. The highest BCUT2D eigenvalue weighted by atomic mass is 16.5. The largest absolute Gasteiger partial charge is 0.391 e. The Kier molecular flexibility index (Phi) is 9.00. The second kappa shape index (κ2) is 11.5. The Labute approximate surface area is 170 Å². The highest BCUT2D eigenvalue weighted by Gasteiger charge is 2.24. The van der Waals surface area contributed by atoms with Crippen molar-refractivity contribution in [1.82, 2.24) is 25.4 Å². The van der Waals surface area contributed by atoms with Gasteiger partial charge in [-0.15, -0.1) is 0 Å². The summed E-state index contributed by atoms with van der Waals surface area (Å²) < 4.78 is 0. The Bertz CT molecular complexity index is 676. The van der Waals surface area contributed by atoms with Crippen LogP contribution < -0.4 is 15.8 Å². The number of aliphatic hydroxyl groups is 1. The summed E-state index contributed by atoms with van der Waals surface area (Å²) in [7, 11) is 0. The molecule has 2 rings (SSSR count). The number of anilines is 2. The molecule has 11 heteroatoms. The fourth-order valence-electron chi connectivity index (χ4n) is 3.12. The number of hydroxylamine groups is 2. The molecule has 0 bridgehead atoms. The third kappa shape index (κ3) is 7.09. The van der Waals surface area contributed by atoms with Crippen LogP contribution in [0.2, 0.25) is 0 Å². The van der Waals surface area contributed by atoms with Crippen molar-refractivity contribution in [2.45, 2.75) is 58.5 Å². The van der Waals surface area contributed by atoms with Gasteiger partial charge in [0.05, 0.1) is 18.6 Å². The van der Waals surface area contributed by atoms with Gasteiger partial charge in [0, 0.05) is 19.5 Å². The lowest BCUT2D eigenvalue weighted by atomic mass is 10.0. The van der Waals surface area contributed by atoms with Gasteiger partial charge in [0.2, 0.25) is 24.2 Å². The minimum atomic E-state index is -0.565. The van der Waals surface area contributed by atoms with Crippen LogP contribution >= 0.6 is 0 Å². The molecule has 0 saturated carbocycles. The molecule has 162 valence electrons. The zero-order chi connectivity index (χ0) is 21.2. The number of amides is 2. The van der Waals surface area contributed by atoms with Crippen LogP contribution in [-0.4, -0.2) is 68.4 Å². The predicted molar refractivity (Wildman–Crippen MR) is 106 cm³/mol. The van der Waals surface area contributed by atoms with E-state index in [-0.39, 0.29) is 24.8 Å². The number of aryl methyl sites for hydroxylation is 1. The summed E-state index contributed by atoms with van der Waals surface area (Å²) in [5.74, 6) is 0.288. The third-order valence-electron chi connectivity index (χ3n) is 4.79. The van der Waals surface area contributed by atoms with E-state index in [1.807, 2.05) is 11.8 Å². The molecule has 0 radical (unpaired) electrons. The van der Waals surface area contributed by atoms with E-state index in [4.69, 9.17) is 0 Å². The molecule has 11 nitrogen and oxygen atoms in total. The number of unbranched alkanes of at least 4 members (excludes halogenated alkanes) is 2. The molecule has 0 unspecified atom stereocenters. The van der Waals surface area contributed by atoms with Gasteiger partial charge >= 0.3 is 0 Å². The highest BCUT2D eigenvalue weighted by Crippen LogP contribution is 2.18. The Balaban J connectivity index is 2.03. The van der Waals surface area contributed by atoms with Crippen LogP contribution in [0.3, 0.4) is 0 Å². The third-order valence-corrected chi connectivity index (χ3v) is 4.79. The maximum absolute atomic E-state index is 12.6. The fourth-order valence-corrected chi connectivity index (χ4v) is 3.12. The second-order valence-electron chi connectivity index (χ2n) is 7.15. The van der Waals surface area contributed by atoms with Crippen molar-refractivity contribution in [1.29, 1.82) is 0 Å². The number of carbonyl (C=O) groups is 2. The molecule has 1 saturated heterocycles. The number of carbonyl (C=O) groups excluding carboxylic acids is 2. The molecule has 0 aromatic carbocycles. The van der Waals surface area contributed by atoms with Gasteiger partial charge in [-0.2, -0.15) is 15.0 Å². The van der Waals surface area contributed by atoms with Crippen molar-refractivity contribution >= 4 is 24.2 Å². The number of hydrogen-bond acceptors (Lipinski definition) is 9. The summed E-state index contributed by atoms with van der Waals surface area (Å²) >= 11 is 0. The number of aliphatic hydroxyl groups excluding tert-OH is 1. The lowest BCUT2D eigenvalue weighted by Gasteiger charge is -2.20. The topological polar surface area (TPSA) is 144 Å². The molecule has 4 N–H and O–H groups in total. The number of rotatable bonds is 12. The summed E-state index contributed by atoms with van der Waals surface area (Å²) in [6, 6.07) is 0. The molecule has 1 fully saturated rings. The van der Waals surface area contributed by atoms with Crippen molar-refractivity contribution in [3.63, 3.8) is 0 Å². The van der Waals surface area contributed by atoms with E-state index < -0.39 is 12.0 Å². The predicted octanol–water partition coefficient (Wildman–Crippen LogP) is 0.492. The minimum absolute atomic E-state index is 0.0882. The Hall–Kier alpha value is -2.53. The Morgan fingerprint density at radius 2 is 2.14 bits per heavy atom. The quantitative estimate of drug-likeness (QED) is 0.168. The minimum Gasteiger partial charge on any atom is -0.391 e. The van der Waals surface area contributed by atoms with Gasteiger partial charge in [0.1, 0.15) is 5.82 Å². The molecule has 1 aliphatic heterocycles. The molecule has 2 heterocycles. The first-order valence-corrected chi connectivity index (χ1v) is 10.1. The van der Waals surface area contributed by atoms with E-state index in [1.165, 1.54) is 0 Å². The fraction of sp³-hybridized carbons (Fsp3) is 0.722. The van der Waals surface area contributed by atoms with Crippen molar-refractivity contribution in [2.24, 2.45) is 5.92 Å². The average molecular weight is 409 g/mol. The molecule has 2 atom stereocenters. The summed E-state index contributed by atoms with van der Waals surface area (Å²) in [4.78, 5) is 38.1. The van der Waals surface area contributed by atoms with Gasteiger partial charge in [-0.05, 0) is 12.8 Å². The van der Waals surface area contributed by atoms with Gasteiger partial charge in [-0.25, -0.2) is 5.06 Å². The van der Waals surface area contributed by atoms with Crippen molar-refractivity contribution in [3.8, 4) is 0 Å². The monoisotopic (exact) mass is 409 g/mol. The normalized spacial score (nSPS) is 17.1. The van der Waals surface area contributed by atoms with E-state index in [9.17, 15) is 19.9 Å². The molecular weight excluding hydrogens is 378 g/mol. The van der Waals surface area contributed by atoms with Gasteiger partial charge in [-0.3, -0.25) is 25.6 Å². The van der Waals surface area contributed by atoms with Crippen LogP contribution in [0.15, 0.2) is 0 Å². The summed E-state index contributed by atoms with van der Waals surface area (Å²) in [5, 5.41) is 19.7. The highest BCUT2D eigenvalue weighted by molar-refractivity contribution is 5.80. The number of hydrogen-bond donors (Lipinski definition) is 4. The van der Waals surface area contributed by atoms with E-state index in [0.29, 0.717) is 49.2 Å². The number of nitrogens with one attached hydrogen (secondary N) is 2. The van der Waals surface area contributed by atoms with Gasteiger partial charge in [0.15, 0.2) is 0 Å². The lowest BCUT2D eigenvalue weighted by Crippen LogP contribution is -2.40. The van der Waals surface area contributed by atoms with Crippen molar-refractivity contribution < 1.29 is 19.9 Å². The van der Waals surface area contributed by atoms with E-state index in [1.54, 1.807) is 0 Å². The SMILES string of the molecule is CCCCC[C@@H](CN(O)C=O)C(=O)NNc1nc(CC)nc(N2CC[C@@H](O)C2)n1. The molecule has 1 aliphatic rings. The standard InChI is InChI=1S/C18H31N7O4/c1-3-5-6-7-13(10-25(29)12-26)16(28)22-23-17-19-15(4-2)20-18(21-17)24-9-8-14(27)11-24/h12-14,27,29H,3-11H2,1-2H3,(H,22,28)(H,19,20,21,23)/t13-,14+/m0/s1. The van der Waals surface area contributed by atoms with Crippen LogP contribution in [0.1, 0.15) is 51.8 Å². The maximum Gasteiger partial charge on any atom is 0.246 e. The lowest BCUT2D eigenvalue weighted by molar-refractivity contribution is -0.154. The van der Waals surface area contributed by atoms with E-state index in [0.717, 1.165) is 19.3 Å². The van der Waals surface area contributed by atoms with Crippen molar-refractivity contribution in [2.75, 3.05) is 30.0 Å². The van der Waals surface area contributed by atoms with Crippen LogP contribution in [0.5, 0.6) is 0 Å². The summed E-state index contributed by atoms with van der Waals surface area (Å²) in [6.07, 6.45) is 4.44. The molecule has 0 aliphatic carbocycles. The first-order valence-electron chi connectivity index (χ1n) is 10.1. The molecule has 2 amide bonds. The Morgan fingerprint density at radius 1 is 1.34 bits per heavy atom. The van der Waals surface area contributed by atoms with Gasteiger partial charge in [0.25, 0.3) is 0 Å². The zero-order valence-corrected chi connectivity index (χ0v) is 17.0. The van der Waals surface area contributed by atoms with E-state index in [2.05, 4.69) is 32.7 Å². The van der Waals surface area contributed by atoms with Crippen molar-refractivity contribution in [3.05, 3.63) is 5.82 Å². The molecule has 1 aromatic heterocycles. The average Bonchev–Trinajstić information content (AvgIpc) is 3.17. The number of β-amino-alcohol motifs (C(OH)–C–C–N with tert-alkyl or cyclic N) is 1.